The van der Waals surface area contributed by atoms with Crippen LogP contribution < -0.4 is 28.6 Å². The number of nitrogens with one attached hydrogen (secondary N) is 1. The van der Waals surface area contributed by atoms with Gasteiger partial charge in [-0.3, -0.25) is 13.9 Å². The Kier molecular flexibility index (Phi) is 13.0. The first-order chi connectivity index (χ1) is 21.9. The summed E-state index contributed by atoms with van der Waals surface area (Å²) in [4.78, 5) is 29.2. The van der Waals surface area contributed by atoms with Crippen molar-refractivity contribution in [1.82, 2.24) is 10.2 Å². The summed E-state index contributed by atoms with van der Waals surface area (Å²) < 4.78 is 51.3. The molecule has 0 unspecified atom stereocenters. The molecule has 0 saturated heterocycles. The molecule has 0 aliphatic carbocycles. The Morgan fingerprint density at radius 3 is 2.13 bits per heavy atom. The van der Waals surface area contributed by atoms with Gasteiger partial charge < -0.3 is 29.2 Å². The Morgan fingerprint density at radius 1 is 0.848 bits per heavy atom. The smallest absolute Gasteiger partial charge is 0.265 e. The molecule has 0 aliphatic heterocycles. The molecule has 0 bridgehead atoms. The van der Waals surface area contributed by atoms with Gasteiger partial charge in [-0.2, -0.15) is 0 Å². The number of methoxy groups -OCH3 is 4. The van der Waals surface area contributed by atoms with Crippen molar-refractivity contribution in [3.05, 3.63) is 71.2 Å². The molecule has 2 amide bonds. The van der Waals surface area contributed by atoms with Gasteiger partial charge in [0, 0.05) is 23.7 Å². The average molecular weight is 676 g/mol. The zero-order valence-corrected chi connectivity index (χ0v) is 28.8. The quantitative estimate of drug-likeness (QED) is 0.217. The number of carbonyl (C=O) groups excluding carboxylic acids is 2. The molecule has 2 atom stereocenters. The first-order valence-corrected chi connectivity index (χ1v) is 16.6. The Labute approximate surface area is 276 Å². The number of hydrogen-bond acceptors (Lipinski definition) is 8. The fourth-order valence-corrected chi connectivity index (χ4v) is 6.40. The molecule has 0 saturated carbocycles. The van der Waals surface area contributed by atoms with E-state index in [0.29, 0.717) is 23.5 Å². The van der Waals surface area contributed by atoms with E-state index in [0.717, 1.165) is 4.31 Å². The normalized spacial score (nSPS) is 12.4. The Morgan fingerprint density at radius 2 is 1.52 bits per heavy atom. The molecule has 250 valence electrons. The van der Waals surface area contributed by atoms with E-state index < -0.39 is 28.5 Å². The van der Waals surface area contributed by atoms with Gasteiger partial charge >= 0.3 is 0 Å². The zero-order chi connectivity index (χ0) is 34.0. The Hall–Kier alpha value is -4.16. The van der Waals surface area contributed by atoms with Crippen LogP contribution in [0.15, 0.2) is 65.6 Å². The third-order valence-corrected chi connectivity index (χ3v) is 9.50. The molecule has 11 nitrogen and oxygen atoms in total. The third kappa shape index (κ3) is 8.55. The van der Waals surface area contributed by atoms with Crippen LogP contribution in [0.4, 0.5) is 5.69 Å². The van der Waals surface area contributed by atoms with Gasteiger partial charge in [0.05, 0.1) is 39.0 Å². The largest absolute Gasteiger partial charge is 0.497 e. The van der Waals surface area contributed by atoms with Crippen molar-refractivity contribution in [2.75, 3.05) is 39.3 Å². The number of carbonyl (C=O) groups is 2. The van der Waals surface area contributed by atoms with Gasteiger partial charge in [0.2, 0.25) is 11.8 Å². The van der Waals surface area contributed by atoms with Crippen molar-refractivity contribution in [2.24, 2.45) is 0 Å². The molecular formula is C33H42ClN3O8S. The first-order valence-electron chi connectivity index (χ1n) is 14.7. The molecular weight excluding hydrogens is 634 g/mol. The number of rotatable bonds is 16. The monoisotopic (exact) mass is 675 g/mol. The summed E-state index contributed by atoms with van der Waals surface area (Å²) in [6.07, 6.45) is 0.971. The van der Waals surface area contributed by atoms with Crippen LogP contribution in [0.5, 0.6) is 23.0 Å². The second-order valence-electron chi connectivity index (χ2n) is 10.5. The topological polar surface area (TPSA) is 124 Å². The van der Waals surface area contributed by atoms with Gasteiger partial charge in [-0.25, -0.2) is 8.42 Å². The summed E-state index contributed by atoms with van der Waals surface area (Å²) in [6, 6.07) is 14.7. The number of amides is 2. The van der Waals surface area contributed by atoms with Crippen molar-refractivity contribution >= 4 is 39.1 Å². The fourth-order valence-electron chi connectivity index (χ4n) is 4.80. The Bertz CT molecular complexity index is 1620. The number of ether oxygens (including phenoxy) is 4. The van der Waals surface area contributed by atoms with Gasteiger partial charge in [-0.05, 0) is 67.8 Å². The van der Waals surface area contributed by atoms with Crippen molar-refractivity contribution < 1.29 is 37.0 Å². The molecule has 3 rings (SSSR count). The van der Waals surface area contributed by atoms with Crippen LogP contribution >= 0.6 is 11.6 Å². The molecule has 0 radical (unpaired) electrons. The molecule has 0 spiro atoms. The number of benzene rings is 3. The number of sulfonamides is 1. The summed E-state index contributed by atoms with van der Waals surface area (Å²) in [7, 11) is 1.29. The number of hydrogen-bond donors (Lipinski definition) is 1. The molecule has 0 heterocycles. The lowest BCUT2D eigenvalue weighted by Gasteiger charge is -2.34. The average Bonchev–Trinajstić information content (AvgIpc) is 3.06. The molecule has 46 heavy (non-hydrogen) atoms. The highest BCUT2D eigenvalue weighted by atomic mass is 35.5. The molecule has 1 N–H and O–H groups in total. The van der Waals surface area contributed by atoms with Crippen LogP contribution in [-0.4, -0.2) is 72.2 Å². The maximum atomic E-state index is 14.4. The van der Waals surface area contributed by atoms with E-state index in [1.807, 2.05) is 13.8 Å². The number of nitrogens with zero attached hydrogens (tertiary/aromatic N) is 2. The van der Waals surface area contributed by atoms with E-state index in [1.54, 1.807) is 37.3 Å². The standard InChI is InChI=1S/C33H42ClN3O8S/c1-8-22(3)35-33(39)27(9-2)36(20-23-11-10-12-25(17-23)42-4)32(38)21-37(28-18-24(34)13-15-29(28)43-5)46(40,41)26-14-16-30(44-6)31(19-26)45-7/h10-19,22,27H,8-9,20-21H2,1-7H3,(H,35,39)/t22-,27-/m0/s1. The second-order valence-corrected chi connectivity index (χ2v) is 12.8. The lowest BCUT2D eigenvalue weighted by molar-refractivity contribution is -0.140. The van der Waals surface area contributed by atoms with E-state index in [9.17, 15) is 18.0 Å². The van der Waals surface area contributed by atoms with Crippen LogP contribution in [-0.2, 0) is 26.2 Å². The molecule has 0 fully saturated rings. The summed E-state index contributed by atoms with van der Waals surface area (Å²) >= 11 is 6.34. The van der Waals surface area contributed by atoms with Crippen molar-refractivity contribution in [3.8, 4) is 23.0 Å². The molecule has 0 aliphatic rings. The van der Waals surface area contributed by atoms with E-state index in [-0.39, 0.29) is 52.0 Å². The summed E-state index contributed by atoms with van der Waals surface area (Å²) in [5.74, 6) is 0.278. The van der Waals surface area contributed by atoms with E-state index >= 15 is 0 Å². The summed E-state index contributed by atoms with van der Waals surface area (Å²) in [5.41, 5.74) is 0.730. The minimum absolute atomic E-state index is 0.0133. The summed E-state index contributed by atoms with van der Waals surface area (Å²) in [5, 5.41) is 3.19. The van der Waals surface area contributed by atoms with Crippen molar-refractivity contribution in [2.45, 2.75) is 57.1 Å². The van der Waals surface area contributed by atoms with Gasteiger partial charge in [0.25, 0.3) is 10.0 Å². The van der Waals surface area contributed by atoms with Crippen molar-refractivity contribution in [1.29, 1.82) is 0 Å². The zero-order valence-electron chi connectivity index (χ0n) is 27.2. The number of anilines is 1. The highest BCUT2D eigenvalue weighted by Crippen LogP contribution is 2.37. The van der Waals surface area contributed by atoms with Crippen LogP contribution in [0.3, 0.4) is 0 Å². The molecule has 3 aromatic rings. The fraction of sp³-hybridized carbons (Fsp3) is 0.394. The predicted octanol–water partition coefficient (Wildman–Crippen LogP) is 5.29. The van der Waals surface area contributed by atoms with Gasteiger partial charge in [0.1, 0.15) is 24.1 Å². The SMILES string of the molecule is CC[C@H](C)NC(=O)[C@H](CC)N(Cc1cccc(OC)c1)C(=O)CN(c1cc(Cl)ccc1OC)S(=O)(=O)c1ccc(OC)c(OC)c1. The maximum Gasteiger partial charge on any atom is 0.265 e. The summed E-state index contributed by atoms with van der Waals surface area (Å²) in [6.45, 7) is 4.96. The van der Waals surface area contributed by atoms with E-state index in [4.69, 9.17) is 30.5 Å². The van der Waals surface area contributed by atoms with Gasteiger partial charge in [-0.15, -0.1) is 0 Å². The van der Waals surface area contributed by atoms with Crippen molar-refractivity contribution in [3.63, 3.8) is 0 Å². The lowest BCUT2D eigenvalue weighted by atomic mass is 10.1. The van der Waals surface area contributed by atoms with Crippen LogP contribution in [0.1, 0.15) is 39.2 Å². The van der Waals surface area contributed by atoms with E-state index in [2.05, 4.69) is 5.32 Å². The highest BCUT2D eigenvalue weighted by Gasteiger charge is 2.35. The number of halogens is 1. The molecule has 13 heteroatoms. The van der Waals surface area contributed by atoms with Crippen LogP contribution in [0.25, 0.3) is 0 Å². The van der Waals surface area contributed by atoms with Gasteiger partial charge in [0.15, 0.2) is 11.5 Å². The third-order valence-electron chi connectivity index (χ3n) is 7.51. The molecule has 3 aromatic carbocycles. The second kappa shape index (κ2) is 16.4. The Balaban J connectivity index is 2.18. The van der Waals surface area contributed by atoms with Crippen LogP contribution in [0.2, 0.25) is 5.02 Å². The predicted molar refractivity (Wildman–Crippen MR) is 178 cm³/mol. The first kappa shape index (κ1) is 36.3. The lowest BCUT2D eigenvalue weighted by Crippen LogP contribution is -2.53. The van der Waals surface area contributed by atoms with Crippen LogP contribution in [0, 0.1) is 0 Å². The van der Waals surface area contributed by atoms with E-state index in [1.165, 1.54) is 63.7 Å². The maximum absolute atomic E-state index is 14.4. The minimum atomic E-state index is -4.46. The molecule has 0 aromatic heterocycles. The minimum Gasteiger partial charge on any atom is -0.497 e. The highest BCUT2D eigenvalue weighted by molar-refractivity contribution is 7.92. The van der Waals surface area contributed by atoms with Gasteiger partial charge in [-0.1, -0.05) is 37.6 Å².